The van der Waals surface area contributed by atoms with E-state index < -0.39 is 30.6 Å². The van der Waals surface area contributed by atoms with Crippen molar-refractivity contribution in [3.63, 3.8) is 0 Å². The molecule has 0 radical (unpaired) electrons. The first-order valence-corrected chi connectivity index (χ1v) is 6.45. The van der Waals surface area contributed by atoms with Crippen molar-refractivity contribution in [2.45, 2.75) is 31.6 Å². The van der Waals surface area contributed by atoms with E-state index in [0.717, 1.165) is 4.90 Å². The number of alkyl halides is 4. The van der Waals surface area contributed by atoms with Crippen molar-refractivity contribution < 1.29 is 27.2 Å². The Morgan fingerprint density at radius 3 is 2.05 bits per heavy atom. The van der Waals surface area contributed by atoms with Gasteiger partial charge in [-0.3, -0.25) is 14.5 Å². The van der Waals surface area contributed by atoms with Crippen LogP contribution in [0.5, 0.6) is 0 Å². The molecule has 1 aliphatic rings. The number of hydrogen-bond donors (Lipinski definition) is 0. The van der Waals surface area contributed by atoms with Crippen molar-refractivity contribution in [2.75, 3.05) is 6.54 Å². The van der Waals surface area contributed by atoms with Gasteiger partial charge in [0.25, 0.3) is 11.8 Å². The van der Waals surface area contributed by atoms with E-state index in [4.69, 9.17) is 0 Å². The molecule has 1 heterocycles. The normalized spacial score (nSPS) is 16.3. The van der Waals surface area contributed by atoms with E-state index in [1.165, 1.54) is 12.1 Å². The average Bonchev–Trinajstić information content (AvgIpc) is 2.62. The lowest BCUT2D eigenvalue weighted by Crippen LogP contribution is -2.31. The summed E-state index contributed by atoms with van der Waals surface area (Å²) in [5, 5.41) is 0. The number of fused-ring (bicyclic) bond motifs is 1. The van der Waals surface area contributed by atoms with Gasteiger partial charge in [0.1, 0.15) is 6.17 Å². The molecule has 1 unspecified atom stereocenters. The lowest BCUT2D eigenvalue weighted by atomic mass is 10.1. The predicted molar refractivity (Wildman–Crippen MR) is 66.6 cm³/mol. The number of rotatable bonds is 5. The van der Waals surface area contributed by atoms with E-state index in [1.807, 2.05) is 0 Å². The van der Waals surface area contributed by atoms with Gasteiger partial charge in [0, 0.05) is 6.54 Å². The van der Waals surface area contributed by atoms with Gasteiger partial charge in [-0.2, -0.15) is 13.2 Å². The van der Waals surface area contributed by atoms with Crippen molar-refractivity contribution in [3.8, 4) is 0 Å². The molecule has 0 aliphatic carbocycles. The van der Waals surface area contributed by atoms with Crippen LogP contribution in [0.2, 0.25) is 0 Å². The molecule has 0 bridgehead atoms. The van der Waals surface area contributed by atoms with Gasteiger partial charge >= 0.3 is 6.18 Å². The van der Waals surface area contributed by atoms with Crippen molar-refractivity contribution in [1.29, 1.82) is 0 Å². The second-order valence-corrected chi connectivity index (χ2v) is 4.87. The predicted octanol–water partition coefficient (Wildman–Crippen LogP) is 3.35. The standard InChI is InChI=1S/C14H13F4NO2/c15-9(8-14(16,17)18)4-3-7-19-12(20)10-5-1-2-6-11(10)13(19)21/h1-2,5-6,9H,3-4,7-8H2. The summed E-state index contributed by atoms with van der Waals surface area (Å²) in [6.45, 7) is -0.0787. The van der Waals surface area contributed by atoms with Crippen LogP contribution in [0.25, 0.3) is 0 Å². The molecule has 1 atom stereocenters. The molecule has 0 spiro atoms. The maximum atomic E-state index is 13.1. The molecule has 21 heavy (non-hydrogen) atoms. The smallest absolute Gasteiger partial charge is 0.274 e. The first-order chi connectivity index (χ1) is 9.79. The Morgan fingerprint density at radius 2 is 1.57 bits per heavy atom. The molecule has 1 aliphatic heterocycles. The summed E-state index contributed by atoms with van der Waals surface area (Å²) in [5.41, 5.74) is 0.546. The van der Waals surface area contributed by atoms with E-state index in [-0.39, 0.29) is 30.5 Å². The molecule has 0 saturated carbocycles. The molecule has 7 heteroatoms. The summed E-state index contributed by atoms with van der Waals surface area (Å²) in [7, 11) is 0. The molecule has 0 aromatic heterocycles. The third-order valence-electron chi connectivity index (χ3n) is 3.23. The minimum Gasteiger partial charge on any atom is -0.274 e. The lowest BCUT2D eigenvalue weighted by Gasteiger charge is -2.15. The Labute approximate surface area is 118 Å². The highest BCUT2D eigenvalue weighted by atomic mass is 19.4. The van der Waals surface area contributed by atoms with Gasteiger partial charge in [0.2, 0.25) is 0 Å². The van der Waals surface area contributed by atoms with E-state index >= 15 is 0 Å². The summed E-state index contributed by atoms with van der Waals surface area (Å²) in [5.74, 6) is -0.969. The van der Waals surface area contributed by atoms with Crippen molar-refractivity contribution in [2.24, 2.45) is 0 Å². The number of carbonyl (C=O) groups excluding carboxylic acids is 2. The second kappa shape index (κ2) is 5.83. The van der Waals surface area contributed by atoms with Gasteiger partial charge in [-0.05, 0) is 25.0 Å². The van der Waals surface area contributed by atoms with Gasteiger partial charge < -0.3 is 0 Å². The Bertz CT molecular complexity index is 521. The maximum Gasteiger partial charge on any atom is 0.391 e. The van der Waals surface area contributed by atoms with E-state index in [0.29, 0.717) is 0 Å². The minimum atomic E-state index is -4.55. The first-order valence-electron chi connectivity index (χ1n) is 6.45. The average molecular weight is 303 g/mol. The molecule has 0 fully saturated rings. The van der Waals surface area contributed by atoms with Crippen molar-refractivity contribution >= 4 is 11.8 Å². The topological polar surface area (TPSA) is 37.4 Å². The molecular weight excluding hydrogens is 290 g/mol. The van der Waals surface area contributed by atoms with Gasteiger partial charge in [-0.25, -0.2) is 4.39 Å². The quantitative estimate of drug-likeness (QED) is 0.618. The van der Waals surface area contributed by atoms with Crippen LogP contribution < -0.4 is 0 Å². The largest absolute Gasteiger partial charge is 0.391 e. The van der Waals surface area contributed by atoms with Crippen molar-refractivity contribution in [1.82, 2.24) is 4.90 Å². The highest BCUT2D eigenvalue weighted by Crippen LogP contribution is 2.26. The molecule has 3 nitrogen and oxygen atoms in total. The summed E-state index contributed by atoms with van der Waals surface area (Å²) >= 11 is 0. The highest BCUT2D eigenvalue weighted by molar-refractivity contribution is 6.21. The van der Waals surface area contributed by atoms with Crippen LogP contribution in [0.1, 0.15) is 40.0 Å². The van der Waals surface area contributed by atoms with Gasteiger partial charge in [-0.15, -0.1) is 0 Å². The Kier molecular flexibility index (Phi) is 4.29. The second-order valence-electron chi connectivity index (χ2n) is 4.87. The minimum absolute atomic E-state index is 0.00269. The van der Waals surface area contributed by atoms with Crippen LogP contribution in [0, 0.1) is 0 Å². The zero-order chi connectivity index (χ0) is 15.6. The number of hydrogen-bond acceptors (Lipinski definition) is 2. The fraction of sp³-hybridized carbons (Fsp3) is 0.429. The fourth-order valence-electron chi connectivity index (χ4n) is 2.27. The van der Waals surface area contributed by atoms with Crippen LogP contribution in [0.3, 0.4) is 0 Å². The molecule has 1 aromatic carbocycles. The molecule has 0 N–H and O–H groups in total. The Morgan fingerprint density at radius 1 is 1.05 bits per heavy atom. The zero-order valence-corrected chi connectivity index (χ0v) is 11.0. The van der Waals surface area contributed by atoms with Crippen LogP contribution in [0.4, 0.5) is 17.6 Å². The highest BCUT2D eigenvalue weighted by Gasteiger charge is 2.35. The maximum absolute atomic E-state index is 13.1. The van der Waals surface area contributed by atoms with Crippen LogP contribution in [0.15, 0.2) is 24.3 Å². The number of nitrogens with zero attached hydrogens (tertiary/aromatic N) is 1. The van der Waals surface area contributed by atoms with Crippen LogP contribution >= 0.6 is 0 Å². The molecular formula is C14H13F4NO2. The number of amides is 2. The van der Waals surface area contributed by atoms with Crippen LogP contribution in [-0.2, 0) is 0 Å². The number of halogens is 4. The zero-order valence-electron chi connectivity index (χ0n) is 11.0. The number of benzene rings is 1. The molecule has 2 rings (SSSR count). The molecule has 114 valence electrons. The number of imide groups is 1. The third-order valence-corrected chi connectivity index (χ3v) is 3.23. The molecule has 2 amide bonds. The number of carbonyl (C=O) groups is 2. The van der Waals surface area contributed by atoms with E-state index in [2.05, 4.69) is 0 Å². The van der Waals surface area contributed by atoms with Crippen LogP contribution in [-0.4, -0.2) is 35.6 Å². The van der Waals surface area contributed by atoms with Gasteiger partial charge in [0.15, 0.2) is 0 Å². The van der Waals surface area contributed by atoms with E-state index in [9.17, 15) is 27.2 Å². The Balaban J connectivity index is 1.88. The fourth-order valence-corrected chi connectivity index (χ4v) is 2.27. The summed E-state index contributed by atoms with van der Waals surface area (Å²) in [6, 6.07) is 6.26. The molecule has 0 saturated heterocycles. The lowest BCUT2D eigenvalue weighted by molar-refractivity contribution is -0.146. The first kappa shape index (κ1) is 15.5. The van der Waals surface area contributed by atoms with E-state index in [1.54, 1.807) is 12.1 Å². The SMILES string of the molecule is O=C1c2ccccc2C(=O)N1CCCC(F)CC(F)(F)F. The van der Waals surface area contributed by atoms with Crippen molar-refractivity contribution in [3.05, 3.63) is 35.4 Å². The third kappa shape index (κ3) is 3.59. The summed E-state index contributed by atoms with van der Waals surface area (Å²) in [4.78, 5) is 24.8. The van der Waals surface area contributed by atoms with Gasteiger partial charge in [-0.1, -0.05) is 12.1 Å². The Hall–Kier alpha value is -1.92. The molecule has 1 aromatic rings. The summed E-state index contributed by atoms with van der Waals surface area (Å²) in [6.07, 6.45) is -8.40. The summed E-state index contributed by atoms with van der Waals surface area (Å²) < 4.78 is 49.1. The van der Waals surface area contributed by atoms with Gasteiger partial charge in [0.05, 0.1) is 17.5 Å². The monoisotopic (exact) mass is 303 g/mol.